The van der Waals surface area contributed by atoms with Crippen LogP contribution in [0.4, 0.5) is 15.9 Å². The number of aromatic nitrogens is 4. The highest BCUT2D eigenvalue weighted by Gasteiger charge is 2.42. The number of nitrogens with two attached hydrogens (primary N) is 2. The molecule has 79 heavy (non-hydrogen) atoms. The molecule has 0 spiro atoms. The summed E-state index contributed by atoms with van der Waals surface area (Å²) in [6.45, 7) is 9.26. The number of hydrazone groups is 1. The van der Waals surface area contributed by atoms with Crippen molar-refractivity contribution in [3.63, 3.8) is 0 Å². The average molecular weight is 1070 g/mol. The molecule has 1 saturated carbocycles. The van der Waals surface area contributed by atoms with Crippen molar-refractivity contribution in [1.29, 1.82) is 5.41 Å². The third-order valence-corrected chi connectivity index (χ3v) is 15.6. The van der Waals surface area contributed by atoms with Gasteiger partial charge in [-0.2, -0.15) is 15.1 Å². The lowest BCUT2D eigenvalue weighted by atomic mass is 9.87. The van der Waals surface area contributed by atoms with E-state index in [4.69, 9.17) is 46.2 Å². The Kier molecular flexibility index (Phi) is 16.2. The van der Waals surface area contributed by atoms with Gasteiger partial charge in [0.2, 0.25) is 11.8 Å². The largest absolute Gasteiger partial charge is 0.486 e. The standard InChI is InChI=1S/C59H68FN13O6/c1-32(2)53(58(76)72-20-6-7-50(72)57(75)68-49(29-74)39-16-14-37(15-17-39)47-26-64-18-19-65-47)67-27-48(71-63)38-10-8-35(9-11-38)31-78-55-52(51-34(4)45(60)23-46(62)44(51)24-61)42(36-12-13-36)22-43-54(55)69-59(79-30-33(3)77-5)70-56(43)73-28-40-21-41(73)25-66-40/h8-11,14-19,22-24,26-27,32-33,36,40-41,49-50,53,61,66,74H,6-7,12-13,20-21,25,28-31,62-63H2,1-5H3,(H,68,75)/b61-24?,67-27?,71-48+/t33-,40-,41-,49-,50-,53-/m0/s1. The molecule has 1 aliphatic carbocycles. The van der Waals surface area contributed by atoms with Crippen LogP contribution < -0.4 is 36.6 Å². The predicted molar refractivity (Wildman–Crippen MR) is 302 cm³/mol. The number of piperazine rings is 1. The van der Waals surface area contributed by atoms with Crippen molar-refractivity contribution in [2.75, 3.05) is 50.6 Å². The van der Waals surface area contributed by atoms with Crippen molar-refractivity contribution in [1.82, 2.24) is 35.5 Å². The van der Waals surface area contributed by atoms with Gasteiger partial charge in [0.05, 0.1) is 36.9 Å². The Bertz CT molecular complexity index is 3280. The fourth-order valence-electron chi connectivity index (χ4n) is 11.1. The lowest BCUT2D eigenvalue weighted by Crippen LogP contribution is -2.50. The number of rotatable bonds is 21. The summed E-state index contributed by atoms with van der Waals surface area (Å²) in [7, 11) is 1.62. The molecule has 3 aliphatic heterocycles. The van der Waals surface area contributed by atoms with E-state index in [1.54, 1.807) is 37.5 Å². The topological polar surface area (TPSA) is 265 Å². The van der Waals surface area contributed by atoms with Gasteiger partial charge in [0.1, 0.15) is 48.2 Å². The summed E-state index contributed by atoms with van der Waals surface area (Å²) in [5.74, 6) is 5.89. The Morgan fingerprint density at radius 3 is 2.47 bits per heavy atom. The Morgan fingerprint density at radius 2 is 1.82 bits per heavy atom. The smallest absolute Gasteiger partial charge is 0.319 e. The zero-order valence-electron chi connectivity index (χ0n) is 45.2. The molecule has 4 aromatic carbocycles. The van der Waals surface area contributed by atoms with Crippen molar-refractivity contribution < 1.29 is 33.3 Å². The van der Waals surface area contributed by atoms with Gasteiger partial charge in [-0.1, -0.05) is 62.4 Å². The summed E-state index contributed by atoms with van der Waals surface area (Å²) in [6, 6.07) is 16.6. The third kappa shape index (κ3) is 11.4. The number of carbonyl (C=O) groups excluding carboxylic acids is 2. The second-order valence-corrected chi connectivity index (χ2v) is 21.3. The molecule has 10 rings (SSSR count). The minimum Gasteiger partial charge on any atom is -0.486 e. The van der Waals surface area contributed by atoms with Gasteiger partial charge in [-0.05, 0) is 92.2 Å². The van der Waals surface area contributed by atoms with Crippen molar-refractivity contribution in [2.45, 2.75) is 109 Å². The van der Waals surface area contributed by atoms with E-state index in [-0.39, 0.29) is 67.3 Å². The minimum absolute atomic E-state index is 0.0573. The second-order valence-electron chi connectivity index (χ2n) is 21.3. The molecule has 2 bridgehead atoms. The molecular weight excluding hydrogens is 1010 g/mol. The van der Waals surface area contributed by atoms with Gasteiger partial charge in [-0.25, -0.2) is 4.39 Å². The average Bonchev–Trinajstić information content (AvgIpc) is 4.03. The van der Waals surface area contributed by atoms with Gasteiger partial charge in [0, 0.05) is 96.3 Å². The van der Waals surface area contributed by atoms with E-state index in [0.29, 0.717) is 81.5 Å². The highest BCUT2D eigenvalue weighted by atomic mass is 19.1. The number of benzene rings is 4. The number of anilines is 2. The maximum atomic E-state index is 15.9. The Labute approximate surface area is 458 Å². The highest BCUT2D eigenvalue weighted by Crippen LogP contribution is 2.53. The molecule has 5 heterocycles. The van der Waals surface area contributed by atoms with Crippen LogP contribution in [-0.2, 0) is 20.9 Å². The van der Waals surface area contributed by atoms with Crippen LogP contribution in [0.1, 0.15) is 98.2 Å². The normalized spacial score (nSPS) is 19.3. The summed E-state index contributed by atoms with van der Waals surface area (Å²) in [5.41, 5.74) is 13.8. The van der Waals surface area contributed by atoms with Crippen molar-refractivity contribution >= 4 is 52.4 Å². The summed E-state index contributed by atoms with van der Waals surface area (Å²) in [4.78, 5) is 55.5. The fourth-order valence-corrected chi connectivity index (χ4v) is 11.1. The molecule has 2 aromatic heterocycles. The molecular formula is C59H68FN13O6. The lowest BCUT2D eigenvalue weighted by Gasteiger charge is -2.30. The number of nitrogen functional groups attached to an aromatic ring is 1. The Morgan fingerprint density at radius 1 is 1.04 bits per heavy atom. The molecule has 8 N–H and O–H groups in total. The molecule has 19 nitrogen and oxygen atoms in total. The van der Waals surface area contributed by atoms with Gasteiger partial charge < -0.3 is 56.7 Å². The van der Waals surface area contributed by atoms with Crippen molar-refractivity contribution in [3.05, 3.63) is 118 Å². The summed E-state index contributed by atoms with van der Waals surface area (Å²) < 4.78 is 34.7. The van der Waals surface area contributed by atoms with Gasteiger partial charge >= 0.3 is 6.01 Å². The summed E-state index contributed by atoms with van der Waals surface area (Å²) in [6.07, 6.45) is 11.2. The van der Waals surface area contributed by atoms with Crippen LogP contribution in [0, 0.1) is 24.1 Å². The Hall–Kier alpha value is -7.94. The fraction of sp³-hybridized carbons (Fsp3) is 0.407. The molecule has 0 radical (unpaired) electrons. The van der Waals surface area contributed by atoms with Crippen LogP contribution in [-0.4, -0.2) is 130 Å². The Balaban J connectivity index is 0.913. The van der Waals surface area contributed by atoms with Gasteiger partial charge in [-0.3, -0.25) is 24.5 Å². The maximum absolute atomic E-state index is 15.9. The number of methoxy groups -OCH3 is 1. The van der Waals surface area contributed by atoms with Crippen LogP contribution in [0.15, 0.2) is 89.3 Å². The predicted octanol–water partition coefficient (Wildman–Crippen LogP) is 6.80. The SMILES string of the molecule is CO[C@@H](C)COc1nc(N2C[C@@H]3C[C@H]2CN3)c2cc(C3CC3)c(-c3c(C)c(F)cc(N)c3C=N)c(OCc3ccc(/C(C=N[C@H](C(=O)N4CCC[C@H]4C(=O)N[C@@H](CO)c4ccc(-c5cnccn5)cc4)C(C)C)=N/N)cc3)c2n1. The first-order chi connectivity index (χ1) is 38.3. The quantitative estimate of drug-likeness (QED) is 0.0187. The van der Waals surface area contributed by atoms with Crippen LogP contribution in [0.3, 0.4) is 0 Å². The monoisotopic (exact) mass is 1070 g/mol. The van der Waals surface area contributed by atoms with Crippen LogP contribution in [0.25, 0.3) is 33.3 Å². The first-order valence-electron chi connectivity index (χ1n) is 27.0. The van der Waals surface area contributed by atoms with E-state index >= 15 is 4.39 Å². The number of nitrogens with zero attached hydrogens (tertiary/aromatic N) is 8. The molecule has 0 unspecified atom stereocenters. The van der Waals surface area contributed by atoms with Crippen LogP contribution in [0.5, 0.6) is 11.8 Å². The number of aliphatic imine (C=N–C) groups is 1. The highest BCUT2D eigenvalue weighted by molar-refractivity contribution is 6.38. The number of hydrogen-bond acceptors (Lipinski definition) is 17. The van der Waals surface area contributed by atoms with E-state index in [2.05, 4.69) is 36.7 Å². The first-order valence-corrected chi connectivity index (χ1v) is 27.0. The zero-order chi connectivity index (χ0) is 55.5. The number of halogens is 1. The van der Waals surface area contributed by atoms with Crippen molar-refractivity contribution in [2.24, 2.45) is 21.9 Å². The zero-order valence-corrected chi connectivity index (χ0v) is 45.2. The van der Waals surface area contributed by atoms with Gasteiger partial charge in [0.25, 0.3) is 0 Å². The number of amides is 2. The number of hydrogen-bond donors (Lipinski definition) is 6. The van der Waals surface area contributed by atoms with Crippen LogP contribution in [0.2, 0.25) is 0 Å². The first kappa shape index (κ1) is 54.4. The van der Waals surface area contributed by atoms with E-state index in [9.17, 15) is 14.7 Å². The number of fused-ring (bicyclic) bond motifs is 3. The molecule has 412 valence electrons. The van der Waals surface area contributed by atoms with Gasteiger partial charge in [-0.15, -0.1) is 0 Å². The number of ether oxygens (including phenoxy) is 3. The van der Waals surface area contributed by atoms with Crippen LogP contribution >= 0.6 is 0 Å². The third-order valence-electron chi connectivity index (χ3n) is 15.6. The molecule has 4 aliphatic rings. The number of aliphatic hydroxyl groups excluding tert-OH is 1. The summed E-state index contributed by atoms with van der Waals surface area (Å²) in [5, 5.41) is 30.3. The van der Waals surface area contributed by atoms with Crippen molar-refractivity contribution in [3.8, 4) is 34.1 Å². The lowest BCUT2D eigenvalue weighted by molar-refractivity contribution is -0.140. The molecule has 2 amide bonds. The van der Waals surface area contributed by atoms with E-state index < -0.39 is 23.9 Å². The van der Waals surface area contributed by atoms with E-state index in [1.807, 2.05) is 69.3 Å². The number of carbonyl (C=O) groups is 2. The molecule has 6 aromatic rings. The second kappa shape index (κ2) is 23.6. The number of likely N-dealkylation sites (tertiary alicyclic amines) is 1. The molecule has 4 fully saturated rings. The molecule has 20 heteroatoms. The summed E-state index contributed by atoms with van der Waals surface area (Å²) >= 11 is 0. The maximum Gasteiger partial charge on any atom is 0.319 e. The molecule has 6 atom stereocenters. The van der Waals surface area contributed by atoms with Gasteiger partial charge in [0.15, 0.2) is 5.75 Å². The van der Waals surface area contributed by atoms with E-state index in [0.717, 1.165) is 60.2 Å². The number of aliphatic hydroxyl groups is 1. The van der Waals surface area contributed by atoms with E-state index in [1.165, 1.54) is 18.5 Å². The number of nitrogens with one attached hydrogen (secondary N) is 3. The minimum atomic E-state index is -0.850. The molecule has 3 saturated heterocycles.